The lowest BCUT2D eigenvalue weighted by atomic mass is 10.1. The van der Waals surface area contributed by atoms with Crippen LogP contribution in [0.2, 0.25) is 5.02 Å². The van der Waals surface area contributed by atoms with Gasteiger partial charge < -0.3 is 10.0 Å². The van der Waals surface area contributed by atoms with Crippen LogP contribution in [-0.4, -0.2) is 29.1 Å². The molecule has 1 aromatic heterocycles. The largest absolute Gasteiger partial charge is 0.478 e. The molecule has 1 aliphatic rings. The molecule has 0 amide bonds. The number of carbonyl (C=O) groups is 1. The van der Waals surface area contributed by atoms with Crippen molar-refractivity contribution >= 4 is 34.2 Å². The number of fused-ring (bicyclic) bond motifs is 1. The summed E-state index contributed by atoms with van der Waals surface area (Å²) in [6, 6.07) is 5.41. The van der Waals surface area contributed by atoms with E-state index in [2.05, 4.69) is 9.88 Å². The molecule has 19 heavy (non-hydrogen) atoms. The van der Waals surface area contributed by atoms with E-state index in [0.717, 1.165) is 24.2 Å². The summed E-state index contributed by atoms with van der Waals surface area (Å²) in [5.74, 6) is -1.04. The maximum atomic E-state index is 11.2. The zero-order chi connectivity index (χ0) is 13.4. The predicted octanol–water partition coefficient (Wildman–Crippen LogP) is 3.19. The minimum Gasteiger partial charge on any atom is -0.478 e. The first-order valence-corrected chi connectivity index (χ1v) is 6.61. The van der Waals surface area contributed by atoms with Crippen LogP contribution in [0.4, 0.5) is 5.69 Å². The zero-order valence-corrected chi connectivity index (χ0v) is 11.0. The topological polar surface area (TPSA) is 53.4 Å². The highest BCUT2D eigenvalue weighted by Gasteiger charge is 2.17. The maximum absolute atomic E-state index is 11.2. The Balaban J connectivity index is 2.14. The van der Waals surface area contributed by atoms with E-state index in [1.165, 1.54) is 12.8 Å². The van der Waals surface area contributed by atoms with Crippen molar-refractivity contribution in [2.45, 2.75) is 12.8 Å². The van der Waals surface area contributed by atoms with Crippen molar-refractivity contribution < 1.29 is 9.90 Å². The molecule has 0 unspecified atom stereocenters. The minimum absolute atomic E-state index is 0.0761. The van der Waals surface area contributed by atoms with Crippen molar-refractivity contribution in [3.63, 3.8) is 0 Å². The maximum Gasteiger partial charge on any atom is 0.339 e. The smallest absolute Gasteiger partial charge is 0.339 e. The molecular formula is C14H13ClN2O2. The van der Waals surface area contributed by atoms with Crippen LogP contribution in [0.1, 0.15) is 23.2 Å². The molecule has 0 bridgehead atoms. The van der Waals surface area contributed by atoms with Crippen molar-refractivity contribution in [3.05, 3.63) is 35.0 Å². The second kappa shape index (κ2) is 4.70. The monoisotopic (exact) mass is 276 g/mol. The van der Waals surface area contributed by atoms with Crippen molar-refractivity contribution in [2.75, 3.05) is 18.0 Å². The lowest BCUT2D eigenvalue weighted by Gasteiger charge is -2.17. The molecule has 5 heteroatoms. The molecule has 0 spiro atoms. The Bertz CT molecular complexity index is 651. The number of carboxylic acid groups (broad SMARTS) is 1. The molecule has 0 atom stereocenters. The van der Waals surface area contributed by atoms with Crippen molar-refractivity contribution in [1.29, 1.82) is 0 Å². The van der Waals surface area contributed by atoms with E-state index < -0.39 is 5.97 Å². The Hall–Kier alpha value is -1.81. The zero-order valence-electron chi connectivity index (χ0n) is 10.3. The third kappa shape index (κ3) is 2.12. The van der Waals surface area contributed by atoms with E-state index in [4.69, 9.17) is 11.6 Å². The van der Waals surface area contributed by atoms with Crippen LogP contribution >= 0.6 is 11.6 Å². The molecule has 0 aliphatic carbocycles. The van der Waals surface area contributed by atoms with E-state index in [-0.39, 0.29) is 10.6 Å². The second-order valence-electron chi connectivity index (χ2n) is 4.69. The van der Waals surface area contributed by atoms with Crippen LogP contribution in [-0.2, 0) is 0 Å². The number of aromatic nitrogens is 1. The van der Waals surface area contributed by atoms with Gasteiger partial charge in [0.1, 0.15) is 5.56 Å². The van der Waals surface area contributed by atoms with Crippen LogP contribution in [0.3, 0.4) is 0 Å². The summed E-state index contributed by atoms with van der Waals surface area (Å²) in [6.45, 7) is 2.07. The third-order valence-corrected chi connectivity index (χ3v) is 3.79. The first-order chi connectivity index (χ1) is 9.16. The number of rotatable bonds is 2. The summed E-state index contributed by atoms with van der Waals surface area (Å²) in [5.41, 5.74) is 1.57. The SMILES string of the molecule is O=C(O)c1c(Cl)ccc2cc(N3CCCC3)cnc12. The first kappa shape index (κ1) is 12.2. The molecule has 1 saturated heterocycles. The predicted molar refractivity (Wildman–Crippen MR) is 75.2 cm³/mol. The van der Waals surface area contributed by atoms with E-state index >= 15 is 0 Å². The van der Waals surface area contributed by atoms with E-state index in [0.29, 0.717) is 5.52 Å². The Morgan fingerprint density at radius 3 is 2.74 bits per heavy atom. The van der Waals surface area contributed by atoms with Crippen molar-refractivity contribution in [2.24, 2.45) is 0 Å². The highest BCUT2D eigenvalue weighted by molar-refractivity contribution is 6.35. The summed E-state index contributed by atoms with van der Waals surface area (Å²) in [7, 11) is 0. The normalized spacial score (nSPS) is 15.1. The fourth-order valence-electron chi connectivity index (χ4n) is 2.52. The molecule has 1 N–H and O–H groups in total. The third-order valence-electron chi connectivity index (χ3n) is 3.47. The van der Waals surface area contributed by atoms with Gasteiger partial charge in [0.05, 0.1) is 22.4 Å². The van der Waals surface area contributed by atoms with Crippen LogP contribution in [0.5, 0.6) is 0 Å². The second-order valence-corrected chi connectivity index (χ2v) is 5.09. The average molecular weight is 277 g/mol. The molecule has 2 heterocycles. The van der Waals surface area contributed by atoms with E-state index in [1.54, 1.807) is 12.3 Å². The van der Waals surface area contributed by atoms with Gasteiger partial charge in [-0.05, 0) is 25.0 Å². The Labute approximate surface area is 115 Å². The molecule has 1 fully saturated rings. The molecule has 1 aliphatic heterocycles. The standard InChI is InChI=1S/C14H13ClN2O2/c15-11-4-3-9-7-10(17-5-1-2-6-17)8-16-13(9)12(11)14(18)19/h3-4,7-8H,1-2,5-6H2,(H,18,19). The molecule has 0 radical (unpaired) electrons. The highest BCUT2D eigenvalue weighted by Crippen LogP contribution is 2.28. The number of hydrogen-bond donors (Lipinski definition) is 1. The molecule has 98 valence electrons. The summed E-state index contributed by atoms with van der Waals surface area (Å²) >= 11 is 5.93. The summed E-state index contributed by atoms with van der Waals surface area (Å²) in [5, 5.41) is 10.2. The van der Waals surface area contributed by atoms with Crippen molar-refractivity contribution in [3.8, 4) is 0 Å². The van der Waals surface area contributed by atoms with Gasteiger partial charge in [-0.2, -0.15) is 0 Å². The number of carboxylic acids is 1. The van der Waals surface area contributed by atoms with E-state index in [1.807, 2.05) is 12.1 Å². The van der Waals surface area contributed by atoms with Gasteiger partial charge in [0.25, 0.3) is 0 Å². The van der Waals surface area contributed by atoms with Crippen LogP contribution < -0.4 is 4.90 Å². The van der Waals surface area contributed by atoms with Gasteiger partial charge in [0, 0.05) is 18.5 Å². The average Bonchev–Trinajstić information content (AvgIpc) is 2.91. The summed E-state index contributed by atoms with van der Waals surface area (Å²) in [4.78, 5) is 17.8. The van der Waals surface area contributed by atoms with Gasteiger partial charge in [-0.1, -0.05) is 17.7 Å². The van der Waals surface area contributed by atoms with Gasteiger partial charge in [0.2, 0.25) is 0 Å². The quantitative estimate of drug-likeness (QED) is 0.915. The van der Waals surface area contributed by atoms with Crippen molar-refractivity contribution in [1.82, 2.24) is 4.98 Å². The number of hydrogen-bond acceptors (Lipinski definition) is 3. The van der Waals surface area contributed by atoms with Gasteiger partial charge in [-0.25, -0.2) is 4.79 Å². The fraction of sp³-hybridized carbons (Fsp3) is 0.286. The van der Waals surface area contributed by atoms with Gasteiger partial charge >= 0.3 is 5.97 Å². The van der Waals surface area contributed by atoms with Crippen LogP contribution in [0.25, 0.3) is 10.9 Å². The lowest BCUT2D eigenvalue weighted by molar-refractivity contribution is 0.0699. The highest BCUT2D eigenvalue weighted by atomic mass is 35.5. The number of nitrogens with zero attached hydrogens (tertiary/aromatic N) is 2. The first-order valence-electron chi connectivity index (χ1n) is 6.23. The number of pyridine rings is 1. The van der Waals surface area contributed by atoms with Crippen LogP contribution in [0.15, 0.2) is 24.4 Å². The van der Waals surface area contributed by atoms with Gasteiger partial charge in [-0.3, -0.25) is 4.98 Å². The molecule has 0 saturated carbocycles. The molecular weight excluding hydrogens is 264 g/mol. The summed E-state index contributed by atoms with van der Waals surface area (Å²) < 4.78 is 0. The van der Waals surface area contributed by atoms with Crippen LogP contribution in [0, 0.1) is 0 Å². The van der Waals surface area contributed by atoms with E-state index in [9.17, 15) is 9.90 Å². The molecule has 1 aromatic carbocycles. The number of anilines is 1. The number of halogens is 1. The Morgan fingerprint density at radius 2 is 2.05 bits per heavy atom. The summed E-state index contributed by atoms with van der Waals surface area (Å²) in [6.07, 6.45) is 4.12. The lowest BCUT2D eigenvalue weighted by Crippen LogP contribution is -2.17. The fourth-order valence-corrected chi connectivity index (χ4v) is 2.75. The van der Waals surface area contributed by atoms with Gasteiger partial charge in [-0.15, -0.1) is 0 Å². The molecule has 2 aromatic rings. The Kier molecular flexibility index (Phi) is 3.03. The molecule has 3 rings (SSSR count). The number of benzene rings is 1. The molecule has 4 nitrogen and oxygen atoms in total. The van der Waals surface area contributed by atoms with Gasteiger partial charge in [0.15, 0.2) is 0 Å². The minimum atomic E-state index is -1.04. The Morgan fingerprint density at radius 1 is 1.32 bits per heavy atom. The number of aromatic carboxylic acids is 1.